The predicted molar refractivity (Wildman–Crippen MR) is 93.9 cm³/mol. The van der Waals surface area contributed by atoms with Crippen molar-refractivity contribution in [1.29, 1.82) is 0 Å². The van der Waals surface area contributed by atoms with E-state index in [1.165, 1.54) is 30.4 Å². The smallest absolute Gasteiger partial charge is 0.335 e. The fourth-order valence-electron chi connectivity index (χ4n) is 2.82. The van der Waals surface area contributed by atoms with Crippen LogP contribution < -0.4 is 10.0 Å². The summed E-state index contributed by atoms with van der Waals surface area (Å²) in [4.78, 5) is 11.9. The molecule has 3 rings (SSSR count). The molecule has 0 bridgehead atoms. The molecule has 2 aromatic carbocycles. The number of hydrogen-bond acceptors (Lipinski definition) is 4. The molecule has 0 aliphatic carbocycles. The maximum atomic E-state index is 11.1. The lowest BCUT2D eigenvalue weighted by Gasteiger charge is -2.26. The zero-order chi connectivity index (χ0) is 16.1. The molecular weight excluding hydrogens is 308 g/mol. The third-order valence-electron chi connectivity index (χ3n) is 4.01. The summed E-state index contributed by atoms with van der Waals surface area (Å²) in [5, 5.41) is 12.6. The molecule has 120 valence electrons. The average molecular weight is 328 g/mol. The van der Waals surface area contributed by atoms with Crippen molar-refractivity contribution >= 4 is 23.6 Å². The zero-order valence-electron chi connectivity index (χ0n) is 12.8. The summed E-state index contributed by atoms with van der Waals surface area (Å²) in [6, 6.07) is 15.6. The van der Waals surface area contributed by atoms with Crippen LogP contribution in [0, 0.1) is 0 Å². The van der Waals surface area contributed by atoms with Gasteiger partial charge in [0, 0.05) is 16.6 Å². The van der Waals surface area contributed by atoms with E-state index in [1.54, 1.807) is 18.2 Å². The lowest BCUT2D eigenvalue weighted by molar-refractivity contribution is 0.0696. The number of rotatable bonds is 5. The molecule has 1 heterocycles. The van der Waals surface area contributed by atoms with E-state index in [4.69, 9.17) is 5.11 Å². The van der Waals surface area contributed by atoms with Crippen LogP contribution in [0.1, 0.15) is 41.2 Å². The van der Waals surface area contributed by atoms with Gasteiger partial charge in [-0.25, -0.2) is 4.79 Å². The van der Waals surface area contributed by atoms with Gasteiger partial charge in [-0.15, -0.1) is 0 Å². The van der Waals surface area contributed by atoms with Gasteiger partial charge >= 0.3 is 5.97 Å². The summed E-state index contributed by atoms with van der Waals surface area (Å²) in [5.41, 5.74) is 2.66. The Morgan fingerprint density at radius 3 is 2.83 bits per heavy atom. The van der Waals surface area contributed by atoms with Crippen LogP contribution in [0.3, 0.4) is 0 Å². The first-order valence-corrected chi connectivity index (χ1v) is 8.64. The number of aromatic carboxylic acids is 1. The topological polar surface area (TPSA) is 61.4 Å². The molecule has 0 saturated carbocycles. The van der Waals surface area contributed by atoms with E-state index in [0.29, 0.717) is 11.6 Å². The van der Waals surface area contributed by atoms with Crippen molar-refractivity contribution in [3.63, 3.8) is 0 Å². The summed E-state index contributed by atoms with van der Waals surface area (Å²) in [7, 11) is 0. The molecule has 0 spiro atoms. The number of benzene rings is 2. The Morgan fingerprint density at radius 2 is 2.04 bits per heavy atom. The molecule has 0 radical (unpaired) electrons. The quantitative estimate of drug-likeness (QED) is 0.714. The van der Waals surface area contributed by atoms with Crippen molar-refractivity contribution in [1.82, 2.24) is 5.32 Å². The number of nitrogens with one attached hydrogen (secondary N) is 2. The molecule has 3 N–H and O–H groups in total. The maximum Gasteiger partial charge on any atom is 0.335 e. The van der Waals surface area contributed by atoms with Gasteiger partial charge in [-0.05, 0) is 61.2 Å². The van der Waals surface area contributed by atoms with Crippen molar-refractivity contribution < 1.29 is 9.90 Å². The maximum absolute atomic E-state index is 11.1. The monoisotopic (exact) mass is 328 g/mol. The predicted octanol–water partition coefficient (Wildman–Crippen LogP) is 4.32. The lowest BCUT2D eigenvalue weighted by Crippen LogP contribution is -2.27. The zero-order valence-corrected chi connectivity index (χ0v) is 13.6. The summed E-state index contributed by atoms with van der Waals surface area (Å²) in [6.45, 7) is 1.06. The number of carboxylic acids is 1. The van der Waals surface area contributed by atoms with Crippen molar-refractivity contribution in [3.8, 4) is 0 Å². The molecule has 1 unspecified atom stereocenters. The molecule has 0 amide bonds. The molecule has 1 aliphatic rings. The fraction of sp³-hybridized carbons (Fsp3) is 0.278. The molecule has 5 heteroatoms. The number of anilines is 1. The van der Waals surface area contributed by atoms with Crippen LogP contribution in [0.15, 0.2) is 53.4 Å². The Morgan fingerprint density at radius 1 is 1.17 bits per heavy atom. The average Bonchev–Trinajstić information content (AvgIpc) is 2.61. The third kappa shape index (κ3) is 4.06. The summed E-state index contributed by atoms with van der Waals surface area (Å²) in [6.07, 6.45) is 3.64. The van der Waals surface area contributed by atoms with Crippen molar-refractivity contribution in [2.45, 2.75) is 30.2 Å². The molecule has 1 fully saturated rings. The molecule has 4 nitrogen and oxygen atoms in total. The number of hydrogen-bond donors (Lipinski definition) is 3. The molecule has 0 aromatic heterocycles. The van der Waals surface area contributed by atoms with Crippen LogP contribution in [-0.2, 0) is 0 Å². The van der Waals surface area contributed by atoms with E-state index < -0.39 is 5.97 Å². The number of piperidine rings is 1. The van der Waals surface area contributed by atoms with Crippen LogP contribution >= 0.6 is 11.9 Å². The SMILES string of the molecule is O=C(O)c1cccc(SNc2ccccc2C2CCCCN2)c1. The van der Waals surface area contributed by atoms with Gasteiger partial charge in [0.25, 0.3) is 0 Å². The number of para-hydroxylation sites is 1. The van der Waals surface area contributed by atoms with Crippen LogP contribution in [0.5, 0.6) is 0 Å². The standard InChI is InChI=1S/C18H20N2O2S/c21-18(22)13-6-5-7-14(12-13)23-20-17-10-2-1-8-15(17)16-9-3-4-11-19-16/h1-2,5-8,10,12,16,19-20H,3-4,9,11H2,(H,21,22). The third-order valence-corrected chi connectivity index (χ3v) is 4.82. The fourth-order valence-corrected chi connectivity index (χ4v) is 3.56. The molecular formula is C18H20N2O2S. The van der Waals surface area contributed by atoms with E-state index in [2.05, 4.69) is 28.2 Å². The van der Waals surface area contributed by atoms with Gasteiger partial charge < -0.3 is 15.1 Å². The highest BCUT2D eigenvalue weighted by atomic mass is 32.2. The first-order chi connectivity index (χ1) is 11.2. The van der Waals surface area contributed by atoms with Crippen LogP contribution in [-0.4, -0.2) is 17.6 Å². The van der Waals surface area contributed by atoms with Crippen molar-refractivity contribution in [2.24, 2.45) is 0 Å². The van der Waals surface area contributed by atoms with E-state index in [-0.39, 0.29) is 0 Å². The van der Waals surface area contributed by atoms with Crippen molar-refractivity contribution in [3.05, 3.63) is 59.7 Å². The van der Waals surface area contributed by atoms with Gasteiger partial charge in [0.05, 0.1) is 5.56 Å². The molecule has 1 aliphatic heterocycles. The molecule has 2 aromatic rings. The van der Waals surface area contributed by atoms with Crippen LogP contribution in [0.4, 0.5) is 5.69 Å². The molecule has 23 heavy (non-hydrogen) atoms. The van der Waals surface area contributed by atoms with Gasteiger partial charge in [0.15, 0.2) is 0 Å². The minimum atomic E-state index is -0.903. The first kappa shape index (κ1) is 15.9. The highest BCUT2D eigenvalue weighted by Gasteiger charge is 2.17. The highest BCUT2D eigenvalue weighted by molar-refractivity contribution is 8.00. The Balaban J connectivity index is 1.73. The Labute approximate surface area is 140 Å². The Kier molecular flexibility index (Phi) is 5.20. The normalized spacial score (nSPS) is 17.7. The van der Waals surface area contributed by atoms with Crippen LogP contribution in [0.2, 0.25) is 0 Å². The number of carboxylic acid groups (broad SMARTS) is 1. The van der Waals surface area contributed by atoms with Gasteiger partial charge in [0.2, 0.25) is 0 Å². The highest BCUT2D eigenvalue weighted by Crippen LogP contribution is 2.31. The minimum absolute atomic E-state index is 0.305. The Bertz CT molecular complexity index is 684. The minimum Gasteiger partial charge on any atom is -0.478 e. The first-order valence-electron chi connectivity index (χ1n) is 7.82. The van der Waals surface area contributed by atoms with Crippen LogP contribution in [0.25, 0.3) is 0 Å². The summed E-state index contributed by atoms with van der Waals surface area (Å²) in [5.74, 6) is -0.903. The van der Waals surface area contributed by atoms with E-state index >= 15 is 0 Å². The van der Waals surface area contributed by atoms with Gasteiger partial charge in [-0.1, -0.05) is 30.7 Å². The van der Waals surface area contributed by atoms with Gasteiger partial charge in [-0.3, -0.25) is 0 Å². The summed E-state index contributed by atoms with van der Waals surface area (Å²) >= 11 is 1.44. The largest absolute Gasteiger partial charge is 0.478 e. The second-order valence-electron chi connectivity index (χ2n) is 5.63. The van der Waals surface area contributed by atoms with Crippen molar-refractivity contribution in [2.75, 3.05) is 11.3 Å². The summed E-state index contributed by atoms with van der Waals surface area (Å²) < 4.78 is 3.38. The second-order valence-corrected chi connectivity index (χ2v) is 6.51. The van der Waals surface area contributed by atoms with E-state index in [9.17, 15) is 4.79 Å². The molecule has 1 saturated heterocycles. The number of carbonyl (C=O) groups is 1. The Hall–Kier alpha value is -1.98. The van der Waals surface area contributed by atoms with E-state index in [1.807, 2.05) is 12.1 Å². The van der Waals surface area contributed by atoms with Gasteiger partial charge in [-0.2, -0.15) is 0 Å². The lowest BCUT2D eigenvalue weighted by atomic mass is 9.96. The van der Waals surface area contributed by atoms with Gasteiger partial charge in [0.1, 0.15) is 0 Å². The second kappa shape index (κ2) is 7.53. The van der Waals surface area contributed by atoms with E-state index in [0.717, 1.165) is 23.5 Å². The molecule has 1 atom stereocenters.